The van der Waals surface area contributed by atoms with Crippen molar-refractivity contribution in [1.29, 1.82) is 0 Å². The Hall–Kier alpha value is -1.75. The summed E-state index contributed by atoms with van der Waals surface area (Å²) in [6.07, 6.45) is 0.679. The molecule has 0 aromatic heterocycles. The maximum atomic E-state index is 11.8. The highest BCUT2D eigenvalue weighted by atomic mass is 16.5. The van der Waals surface area contributed by atoms with Crippen molar-refractivity contribution in [2.45, 2.75) is 6.42 Å². The molecule has 1 aliphatic heterocycles. The Morgan fingerprint density at radius 2 is 2.06 bits per heavy atom. The van der Waals surface area contributed by atoms with E-state index in [2.05, 4.69) is 0 Å². The highest BCUT2D eigenvalue weighted by Gasteiger charge is 2.26. The van der Waals surface area contributed by atoms with Gasteiger partial charge in [-0.25, -0.2) is 5.84 Å². The molecule has 0 atom stereocenters. The first-order valence-electron chi connectivity index (χ1n) is 4.99. The second-order valence-electron chi connectivity index (χ2n) is 3.58. The molecule has 0 spiro atoms. The molecular formula is C11H14N2O3. The van der Waals surface area contributed by atoms with Crippen molar-refractivity contribution in [2.75, 3.05) is 20.8 Å². The average Bonchev–Trinajstić information content (AvgIpc) is 2.32. The van der Waals surface area contributed by atoms with Crippen molar-refractivity contribution in [3.63, 3.8) is 0 Å². The van der Waals surface area contributed by atoms with E-state index in [4.69, 9.17) is 15.3 Å². The van der Waals surface area contributed by atoms with Crippen LogP contribution in [0.1, 0.15) is 15.9 Å². The summed E-state index contributed by atoms with van der Waals surface area (Å²) in [5, 5.41) is 1.22. The Balaban J connectivity index is 2.57. The monoisotopic (exact) mass is 222 g/mol. The maximum Gasteiger partial charge on any atom is 0.268 e. The summed E-state index contributed by atoms with van der Waals surface area (Å²) in [6.45, 7) is 0.495. The van der Waals surface area contributed by atoms with Crippen LogP contribution in [0.15, 0.2) is 12.1 Å². The van der Waals surface area contributed by atoms with Gasteiger partial charge < -0.3 is 9.47 Å². The molecule has 0 fully saturated rings. The normalized spacial score (nSPS) is 14.7. The molecule has 5 nitrogen and oxygen atoms in total. The summed E-state index contributed by atoms with van der Waals surface area (Å²) in [5.74, 6) is 6.65. The first-order chi connectivity index (χ1) is 7.69. The smallest absolute Gasteiger partial charge is 0.268 e. The Morgan fingerprint density at radius 1 is 1.31 bits per heavy atom. The topological polar surface area (TPSA) is 64.8 Å². The van der Waals surface area contributed by atoms with E-state index in [1.165, 1.54) is 5.01 Å². The van der Waals surface area contributed by atoms with Crippen molar-refractivity contribution in [3.8, 4) is 11.5 Å². The number of hydrogen-bond acceptors (Lipinski definition) is 4. The largest absolute Gasteiger partial charge is 0.493 e. The van der Waals surface area contributed by atoms with Crippen LogP contribution in [0.25, 0.3) is 0 Å². The fourth-order valence-corrected chi connectivity index (χ4v) is 1.93. The minimum Gasteiger partial charge on any atom is -0.493 e. The number of carbonyl (C=O) groups excluding carboxylic acids is 1. The molecule has 1 aromatic rings. The van der Waals surface area contributed by atoms with Crippen LogP contribution >= 0.6 is 0 Å². The van der Waals surface area contributed by atoms with Crippen LogP contribution in [0.3, 0.4) is 0 Å². The van der Waals surface area contributed by atoms with Gasteiger partial charge in [0.05, 0.1) is 14.2 Å². The number of fused-ring (bicyclic) bond motifs is 1. The van der Waals surface area contributed by atoms with Crippen molar-refractivity contribution in [1.82, 2.24) is 5.01 Å². The molecule has 1 aliphatic rings. The number of nitrogens with two attached hydrogens (primary N) is 1. The summed E-state index contributed by atoms with van der Waals surface area (Å²) in [5.41, 5.74) is 1.46. The molecule has 16 heavy (non-hydrogen) atoms. The van der Waals surface area contributed by atoms with Crippen molar-refractivity contribution in [2.24, 2.45) is 5.84 Å². The van der Waals surface area contributed by atoms with Crippen molar-refractivity contribution < 1.29 is 14.3 Å². The lowest BCUT2D eigenvalue weighted by atomic mass is 9.98. The maximum absolute atomic E-state index is 11.8. The lowest BCUT2D eigenvalue weighted by molar-refractivity contribution is 0.0738. The number of methoxy groups -OCH3 is 2. The van der Waals surface area contributed by atoms with Crippen LogP contribution in [0.5, 0.6) is 11.5 Å². The SMILES string of the molecule is COc1ccc2c(c1OC)CCN(N)C2=O. The van der Waals surface area contributed by atoms with E-state index >= 15 is 0 Å². The van der Waals surface area contributed by atoms with Gasteiger partial charge >= 0.3 is 0 Å². The molecule has 1 aromatic carbocycles. The van der Waals surface area contributed by atoms with Gasteiger partial charge in [0.25, 0.3) is 5.91 Å². The summed E-state index contributed by atoms with van der Waals surface area (Å²) >= 11 is 0. The zero-order valence-corrected chi connectivity index (χ0v) is 9.32. The fraction of sp³-hybridized carbons (Fsp3) is 0.364. The fourth-order valence-electron chi connectivity index (χ4n) is 1.93. The highest BCUT2D eigenvalue weighted by Crippen LogP contribution is 2.35. The van der Waals surface area contributed by atoms with Crippen LogP contribution in [-0.4, -0.2) is 31.7 Å². The second kappa shape index (κ2) is 4.02. The number of carbonyl (C=O) groups is 1. The Kier molecular flexibility index (Phi) is 2.70. The van der Waals surface area contributed by atoms with Gasteiger partial charge in [0.15, 0.2) is 11.5 Å². The Morgan fingerprint density at radius 3 is 2.69 bits per heavy atom. The number of ether oxygens (including phenoxy) is 2. The van der Waals surface area contributed by atoms with Gasteiger partial charge in [-0.1, -0.05) is 0 Å². The molecule has 2 N–H and O–H groups in total. The van der Waals surface area contributed by atoms with Crippen LogP contribution in [0.2, 0.25) is 0 Å². The van der Waals surface area contributed by atoms with E-state index in [1.807, 2.05) is 0 Å². The summed E-state index contributed by atoms with van der Waals surface area (Å²) < 4.78 is 10.5. The number of rotatable bonds is 2. The summed E-state index contributed by atoms with van der Waals surface area (Å²) in [4.78, 5) is 11.8. The van der Waals surface area contributed by atoms with Crippen LogP contribution < -0.4 is 15.3 Å². The average molecular weight is 222 g/mol. The number of hydrazine groups is 1. The van der Waals surface area contributed by atoms with Gasteiger partial charge in [-0.2, -0.15) is 0 Å². The number of amides is 1. The molecule has 0 radical (unpaired) electrons. The lowest BCUT2D eigenvalue weighted by Crippen LogP contribution is -2.42. The summed E-state index contributed by atoms with van der Waals surface area (Å²) in [6, 6.07) is 3.44. The molecule has 5 heteroatoms. The van der Waals surface area contributed by atoms with E-state index in [0.717, 1.165) is 5.56 Å². The first kappa shape index (κ1) is 10.8. The molecule has 2 rings (SSSR count). The van der Waals surface area contributed by atoms with E-state index in [0.29, 0.717) is 30.0 Å². The third-order valence-electron chi connectivity index (χ3n) is 2.74. The van der Waals surface area contributed by atoms with Crippen LogP contribution in [0, 0.1) is 0 Å². The minimum atomic E-state index is -0.179. The zero-order chi connectivity index (χ0) is 11.7. The Bertz CT molecular complexity index is 431. The first-order valence-corrected chi connectivity index (χ1v) is 4.99. The van der Waals surface area contributed by atoms with Crippen molar-refractivity contribution in [3.05, 3.63) is 23.3 Å². The second-order valence-corrected chi connectivity index (χ2v) is 3.58. The molecule has 0 unspecified atom stereocenters. The van der Waals surface area contributed by atoms with Crippen LogP contribution in [0.4, 0.5) is 0 Å². The molecule has 0 saturated heterocycles. The van der Waals surface area contributed by atoms with Gasteiger partial charge in [0, 0.05) is 17.7 Å². The summed E-state index contributed by atoms with van der Waals surface area (Å²) in [7, 11) is 3.14. The van der Waals surface area contributed by atoms with Gasteiger partial charge in [-0.15, -0.1) is 0 Å². The highest BCUT2D eigenvalue weighted by molar-refractivity contribution is 5.97. The van der Waals surface area contributed by atoms with E-state index in [1.54, 1.807) is 26.4 Å². The van der Waals surface area contributed by atoms with Gasteiger partial charge in [-0.05, 0) is 18.6 Å². The third-order valence-corrected chi connectivity index (χ3v) is 2.74. The minimum absolute atomic E-state index is 0.179. The number of nitrogens with zero attached hydrogens (tertiary/aromatic N) is 1. The van der Waals surface area contributed by atoms with E-state index in [-0.39, 0.29) is 5.91 Å². The molecular weight excluding hydrogens is 208 g/mol. The Labute approximate surface area is 93.7 Å². The van der Waals surface area contributed by atoms with E-state index in [9.17, 15) is 4.79 Å². The van der Waals surface area contributed by atoms with Crippen molar-refractivity contribution >= 4 is 5.91 Å². The lowest BCUT2D eigenvalue weighted by Gasteiger charge is -2.26. The standard InChI is InChI=1S/C11H14N2O3/c1-15-9-4-3-8-7(10(9)16-2)5-6-13(12)11(8)14/h3-4H,5-6,12H2,1-2H3. The molecule has 0 saturated carbocycles. The molecule has 1 amide bonds. The molecule has 1 heterocycles. The zero-order valence-electron chi connectivity index (χ0n) is 9.32. The predicted molar refractivity (Wildman–Crippen MR) is 58.5 cm³/mol. The molecule has 0 bridgehead atoms. The van der Waals surface area contributed by atoms with Gasteiger partial charge in [-0.3, -0.25) is 9.80 Å². The molecule has 0 aliphatic carbocycles. The van der Waals surface area contributed by atoms with E-state index < -0.39 is 0 Å². The van der Waals surface area contributed by atoms with Gasteiger partial charge in [0.1, 0.15) is 0 Å². The predicted octanol–water partition coefficient (Wildman–Crippen LogP) is 0.576. The quantitative estimate of drug-likeness (QED) is 0.587. The number of hydrogen-bond donors (Lipinski definition) is 1. The third kappa shape index (κ3) is 1.49. The van der Waals surface area contributed by atoms with Gasteiger partial charge in [0.2, 0.25) is 0 Å². The molecule has 86 valence electrons. The number of benzene rings is 1. The van der Waals surface area contributed by atoms with Crippen LogP contribution in [-0.2, 0) is 6.42 Å².